The lowest BCUT2D eigenvalue weighted by Gasteiger charge is -2.16. The number of benzene rings is 2. The van der Waals surface area contributed by atoms with E-state index in [2.05, 4.69) is 5.32 Å². The summed E-state index contributed by atoms with van der Waals surface area (Å²) in [4.78, 5) is 35.2. The van der Waals surface area contributed by atoms with Gasteiger partial charge in [-0.05, 0) is 38.1 Å². The highest BCUT2D eigenvalue weighted by Crippen LogP contribution is 2.30. The number of amides is 1. The van der Waals surface area contributed by atoms with Gasteiger partial charge in [-0.2, -0.15) is 0 Å². The van der Waals surface area contributed by atoms with Crippen LogP contribution in [0, 0.1) is 10.1 Å². The molecule has 10 nitrogen and oxygen atoms in total. The highest BCUT2D eigenvalue weighted by molar-refractivity contribution is 5.98. The van der Waals surface area contributed by atoms with Crippen LogP contribution in [0.3, 0.4) is 0 Å². The van der Waals surface area contributed by atoms with Crippen LogP contribution >= 0.6 is 0 Å². The molecule has 1 atom stereocenters. The average Bonchev–Trinajstić information content (AvgIpc) is 2.73. The number of methoxy groups -OCH3 is 2. The first-order chi connectivity index (χ1) is 14.3. The molecule has 10 heteroatoms. The lowest BCUT2D eigenvalue weighted by Crippen LogP contribution is -2.30. The Balaban J connectivity index is 2.11. The third-order valence-corrected chi connectivity index (χ3v) is 4.00. The number of carbonyl (C=O) groups excluding carboxylic acids is 2. The topological polar surface area (TPSA) is 126 Å². The summed E-state index contributed by atoms with van der Waals surface area (Å²) >= 11 is 0. The largest absolute Gasteiger partial charge is 0.495 e. The number of nitrogens with zero attached hydrogens (tertiary/aromatic N) is 1. The van der Waals surface area contributed by atoms with Gasteiger partial charge in [0.05, 0.1) is 37.0 Å². The zero-order valence-electron chi connectivity index (χ0n) is 17.0. The maximum absolute atomic E-state index is 12.4. The van der Waals surface area contributed by atoms with Crippen molar-refractivity contribution in [1.82, 2.24) is 0 Å². The molecule has 0 unspecified atom stereocenters. The molecule has 0 radical (unpaired) electrons. The number of nitrogens with one attached hydrogen (secondary N) is 1. The minimum atomic E-state index is -1.18. The summed E-state index contributed by atoms with van der Waals surface area (Å²) in [5.74, 6) is -0.376. The fourth-order valence-electron chi connectivity index (χ4n) is 2.49. The van der Waals surface area contributed by atoms with Gasteiger partial charge in [0.2, 0.25) is 0 Å². The van der Waals surface area contributed by atoms with Crippen LogP contribution in [-0.2, 0) is 9.53 Å². The van der Waals surface area contributed by atoms with Gasteiger partial charge in [-0.15, -0.1) is 0 Å². The van der Waals surface area contributed by atoms with Gasteiger partial charge in [-0.1, -0.05) is 0 Å². The third kappa shape index (κ3) is 5.37. The summed E-state index contributed by atoms with van der Waals surface area (Å²) in [5, 5.41) is 13.4. The number of esters is 1. The summed E-state index contributed by atoms with van der Waals surface area (Å²) in [5.41, 5.74) is 0.0300. The fourth-order valence-corrected chi connectivity index (χ4v) is 2.49. The third-order valence-electron chi connectivity index (χ3n) is 4.00. The molecule has 0 fully saturated rings. The van der Waals surface area contributed by atoms with Gasteiger partial charge >= 0.3 is 5.97 Å². The Morgan fingerprint density at radius 1 is 1.07 bits per heavy atom. The summed E-state index contributed by atoms with van der Waals surface area (Å²) in [6.45, 7) is 3.62. The number of rotatable bonds is 9. The van der Waals surface area contributed by atoms with Crippen molar-refractivity contribution in [3.63, 3.8) is 0 Å². The number of nitro groups is 1. The Kier molecular flexibility index (Phi) is 7.56. The normalized spacial score (nSPS) is 11.2. The lowest BCUT2D eigenvalue weighted by atomic mass is 10.2. The second-order valence-corrected chi connectivity index (χ2v) is 5.98. The Morgan fingerprint density at radius 2 is 1.73 bits per heavy atom. The quantitative estimate of drug-likeness (QED) is 0.374. The molecule has 2 aromatic carbocycles. The van der Waals surface area contributed by atoms with Crippen LogP contribution in [0.15, 0.2) is 36.4 Å². The van der Waals surface area contributed by atoms with E-state index in [0.29, 0.717) is 18.1 Å². The van der Waals surface area contributed by atoms with Crippen LogP contribution in [0.25, 0.3) is 0 Å². The van der Waals surface area contributed by atoms with E-state index < -0.39 is 22.9 Å². The molecule has 0 aliphatic carbocycles. The van der Waals surface area contributed by atoms with Crippen molar-refractivity contribution in [3.05, 3.63) is 52.1 Å². The Bertz CT molecular complexity index is 944. The number of non-ortho nitro benzene ring substituents is 1. The van der Waals surface area contributed by atoms with Crippen LogP contribution in [0.5, 0.6) is 17.2 Å². The molecule has 0 aliphatic rings. The van der Waals surface area contributed by atoms with Crippen LogP contribution in [0.4, 0.5) is 11.4 Å². The molecule has 0 aromatic heterocycles. The summed E-state index contributed by atoms with van der Waals surface area (Å²) in [6.07, 6.45) is -1.18. The summed E-state index contributed by atoms with van der Waals surface area (Å²) in [6, 6.07) is 8.26. The first-order valence-electron chi connectivity index (χ1n) is 8.95. The Labute approximate surface area is 172 Å². The summed E-state index contributed by atoms with van der Waals surface area (Å²) in [7, 11) is 2.80. The minimum absolute atomic E-state index is 0.0855. The van der Waals surface area contributed by atoms with E-state index in [1.807, 2.05) is 6.92 Å². The van der Waals surface area contributed by atoms with E-state index >= 15 is 0 Å². The molecular formula is C20H22N2O8. The predicted octanol–water partition coefficient (Wildman–Crippen LogP) is 3.19. The van der Waals surface area contributed by atoms with Crippen LogP contribution < -0.4 is 19.5 Å². The van der Waals surface area contributed by atoms with Gasteiger partial charge in [-0.3, -0.25) is 14.9 Å². The van der Waals surface area contributed by atoms with E-state index in [-0.39, 0.29) is 22.7 Å². The second kappa shape index (κ2) is 10.1. The number of hydrogen-bond acceptors (Lipinski definition) is 8. The molecule has 1 amide bonds. The van der Waals surface area contributed by atoms with Crippen LogP contribution in [-0.4, -0.2) is 43.7 Å². The van der Waals surface area contributed by atoms with Crippen LogP contribution in [0.2, 0.25) is 0 Å². The standard InChI is InChI=1S/C20H22N2O8/c1-5-29-17-8-6-13(10-18(17)28-4)20(24)30-12(2)19(23)21-15-11-14(22(25)26)7-9-16(15)27-3/h6-12H,5H2,1-4H3,(H,21,23)/t12-/m1/s1. The Hall–Kier alpha value is -3.82. The Morgan fingerprint density at radius 3 is 2.33 bits per heavy atom. The van der Waals surface area contributed by atoms with Gasteiger partial charge in [0.15, 0.2) is 17.6 Å². The number of nitro benzene ring substituents is 1. The molecule has 0 aliphatic heterocycles. The zero-order chi connectivity index (χ0) is 22.3. The van der Waals surface area contributed by atoms with Crippen molar-refractivity contribution in [2.45, 2.75) is 20.0 Å². The van der Waals surface area contributed by atoms with E-state index in [4.69, 9.17) is 18.9 Å². The van der Waals surface area contributed by atoms with Crippen molar-refractivity contribution in [2.24, 2.45) is 0 Å². The zero-order valence-corrected chi connectivity index (χ0v) is 17.0. The first-order valence-corrected chi connectivity index (χ1v) is 8.95. The monoisotopic (exact) mass is 418 g/mol. The highest BCUT2D eigenvalue weighted by Gasteiger charge is 2.22. The molecule has 0 saturated carbocycles. The SMILES string of the molecule is CCOc1ccc(C(=O)O[C@H](C)C(=O)Nc2cc([N+](=O)[O-])ccc2OC)cc1OC. The minimum Gasteiger partial charge on any atom is -0.495 e. The van der Waals surface area contributed by atoms with Crippen molar-refractivity contribution in [1.29, 1.82) is 0 Å². The maximum Gasteiger partial charge on any atom is 0.339 e. The van der Waals surface area contributed by atoms with Gasteiger partial charge in [-0.25, -0.2) is 4.79 Å². The molecule has 0 bridgehead atoms. The molecule has 160 valence electrons. The van der Waals surface area contributed by atoms with Gasteiger partial charge in [0.1, 0.15) is 5.75 Å². The van der Waals surface area contributed by atoms with Gasteiger partial charge in [0.25, 0.3) is 11.6 Å². The molecule has 30 heavy (non-hydrogen) atoms. The number of ether oxygens (including phenoxy) is 4. The van der Waals surface area contributed by atoms with Crippen molar-refractivity contribution < 1.29 is 33.5 Å². The number of carbonyl (C=O) groups is 2. The fraction of sp³-hybridized carbons (Fsp3) is 0.300. The van der Waals surface area contributed by atoms with Crippen LogP contribution in [0.1, 0.15) is 24.2 Å². The first kappa shape index (κ1) is 22.5. The van der Waals surface area contributed by atoms with E-state index in [9.17, 15) is 19.7 Å². The molecular weight excluding hydrogens is 396 g/mol. The maximum atomic E-state index is 12.4. The number of hydrogen-bond donors (Lipinski definition) is 1. The lowest BCUT2D eigenvalue weighted by molar-refractivity contribution is -0.384. The predicted molar refractivity (Wildman–Crippen MR) is 107 cm³/mol. The van der Waals surface area contributed by atoms with Crippen molar-refractivity contribution in [2.75, 3.05) is 26.1 Å². The molecule has 1 N–H and O–H groups in total. The molecule has 0 saturated heterocycles. The molecule has 2 rings (SSSR count). The highest BCUT2D eigenvalue weighted by atomic mass is 16.6. The average molecular weight is 418 g/mol. The summed E-state index contributed by atoms with van der Waals surface area (Å²) < 4.78 is 20.9. The second-order valence-electron chi connectivity index (χ2n) is 5.98. The number of anilines is 1. The molecule has 2 aromatic rings. The van der Waals surface area contributed by atoms with E-state index in [0.717, 1.165) is 6.07 Å². The van der Waals surface area contributed by atoms with Gasteiger partial charge < -0.3 is 24.3 Å². The van der Waals surface area contributed by atoms with Crippen molar-refractivity contribution in [3.8, 4) is 17.2 Å². The van der Waals surface area contributed by atoms with Gasteiger partial charge in [0, 0.05) is 12.1 Å². The van der Waals surface area contributed by atoms with Crippen molar-refractivity contribution >= 4 is 23.3 Å². The van der Waals surface area contributed by atoms with E-state index in [1.165, 1.54) is 45.4 Å². The van der Waals surface area contributed by atoms with E-state index in [1.54, 1.807) is 6.07 Å². The molecule has 0 heterocycles. The molecule has 0 spiro atoms. The smallest absolute Gasteiger partial charge is 0.339 e.